The first kappa shape index (κ1) is 13.4. The Kier molecular flexibility index (Phi) is 3.63. The van der Waals surface area contributed by atoms with Gasteiger partial charge in [-0.1, -0.05) is 30.3 Å². The van der Waals surface area contributed by atoms with Crippen molar-refractivity contribution in [2.75, 3.05) is 17.0 Å². The second-order valence-corrected chi connectivity index (χ2v) is 7.05. The number of nitrogens with one attached hydrogen (secondary N) is 2. The summed E-state index contributed by atoms with van der Waals surface area (Å²) >= 11 is 0. The van der Waals surface area contributed by atoms with Crippen LogP contribution < -0.4 is 10.0 Å². The maximum absolute atomic E-state index is 12.0. The minimum absolute atomic E-state index is 0.107. The molecule has 2 aromatic carbocycles. The van der Waals surface area contributed by atoms with Crippen LogP contribution in [-0.4, -0.2) is 26.8 Å². The Morgan fingerprint density at radius 3 is 2.55 bits per heavy atom. The van der Waals surface area contributed by atoms with Crippen molar-refractivity contribution < 1.29 is 8.42 Å². The van der Waals surface area contributed by atoms with E-state index in [1.165, 1.54) is 0 Å². The van der Waals surface area contributed by atoms with E-state index in [4.69, 9.17) is 0 Å². The lowest BCUT2D eigenvalue weighted by Crippen LogP contribution is -2.27. The van der Waals surface area contributed by atoms with Crippen molar-refractivity contribution in [2.45, 2.75) is 18.9 Å². The van der Waals surface area contributed by atoms with Crippen LogP contribution in [0.1, 0.15) is 12.8 Å². The number of hydrogen-bond acceptors (Lipinski definition) is 3. The van der Waals surface area contributed by atoms with Crippen LogP contribution in [0, 0.1) is 0 Å². The summed E-state index contributed by atoms with van der Waals surface area (Å²) in [7, 11) is -3.28. The summed E-state index contributed by atoms with van der Waals surface area (Å²) in [5.41, 5.74) is 0.620. The zero-order valence-corrected chi connectivity index (χ0v) is 12.0. The quantitative estimate of drug-likeness (QED) is 0.858. The molecule has 0 aliphatic heterocycles. The number of benzene rings is 2. The number of anilines is 1. The van der Waals surface area contributed by atoms with E-state index < -0.39 is 10.0 Å². The van der Waals surface area contributed by atoms with Crippen LogP contribution in [0.2, 0.25) is 0 Å². The van der Waals surface area contributed by atoms with Crippen molar-refractivity contribution in [1.82, 2.24) is 5.32 Å². The number of hydrogen-bond donors (Lipinski definition) is 2. The Bertz CT molecular complexity index is 709. The molecule has 0 bridgehead atoms. The highest BCUT2D eigenvalue weighted by Gasteiger charge is 2.21. The van der Waals surface area contributed by atoms with Crippen LogP contribution in [0.5, 0.6) is 0 Å². The monoisotopic (exact) mass is 290 g/mol. The second kappa shape index (κ2) is 5.42. The lowest BCUT2D eigenvalue weighted by molar-refractivity contribution is 0.595. The Labute approximate surface area is 119 Å². The summed E-state index contributed by atoms with van der Waals surface area (Å²) in [6.45, 7) is 0.508. The largest absolute Gasteiger partial charge is 0.313 e. The zero-order chi connectivity index (χ0) is 14.0. The molecule has 4 nitrogen and oxygen atoms in total. The fourth-order valence-electron chi connectivity index (χ4n) is 2.17. The summed E-state index contributed by atoms with van der Waals surface area (Å²) in [6, 6.07) is 14.0. The Balaban J connectivity index is 1.67. The highest BCUT2D eigenvalue weighted by atomic mass is 32.2. The minimum atomic E-state index is -3.28. The Morgan fingerprint density at radius 2 is 1.80 bits per heavy atom. The molecule has 20 heavy (non-hydrogen) atoms. The standard InChI is InChI=1S/C15H18N2O2S/c18-20(19,10-9-16-14-7-8-14)17-15-6-5-12-3-1-2-4-13(12)11-15/h1-6,11,14,16-17H,7-10H2. The van der Waals surface area contributed by atoms with Gasteiger partial charge in [-0.3, -0.25) is 4.72 Å². The fraction of sp³-hybridized carbons (Fsp3) is 0.333. The molecule has 0 saturated heterocycles. The van der Waals surface area contributed by atoms with Gasteiger partial charge in [0.25, 0.3) is 0 Å². The number of sulfonamides is 1. The van der Waals surface area contributed by atoms with Crippen molar-refractivity contribution in [3.05, 3.63) is 42.5 Å². The van der Waals surface area contributed by atoms with Crippen molar-refractivity contribution in [1.29, 1.82) is 0 Å². The molecule has 0 amide bonds. The van der Waals surface area contributed by atoms with Gasteiger partial charge in [0, 0.05) is 18.3 Å². The molecule has 2 N–H and O–H groups in total. The molecule has 1 aliphatic carbocycles. The molecule has 2 aromatic rings. The van der Waals surface area contributed by atoms with Crippen LogP contribution in [0.4, 0.5) is 5.69 Å². The smallest absolute Gasteiger partial charge is 0.233 e. The molecule has 0 radical (unpaired) electrons. The Hall–Kier alpha value is -1.59. The lowest BCUT2D eigenvalue weighted by atomic mass is 10.1. The molecule has 1 saturated carbocycles. The van der Waals surface area contributed by atoms with Crippen molar-refractivity contribution >= 4 is 26.5 Å². The van der Waals surface area contributed by atoms with Gasteiger partial charge in [0.05, 0.1) is 5.75 Å². The van der Waals surface area contributed by atoms with Crippen molar-refractivity contribution in [3.63, 3.8) is 0 Å². The first-order valence-electron chi connectivity index (χ1n) is 6.85. The second-order valence-electron chi connectivity index (χ2n) is 5.21. The zero-order valence-electron chi connectivity index (χ0n) is 11.2. The molecule has 0 unspecified atom stereocenters. The molecule has 106 valence electrons. The van der Waals surface area contributed by atoms with E-state index in [-0.39, 0.29) is 5.75 Å². The summed E-state index contributed by atoms with van der Waals surface area (Å²) in [5, 5.41) is 5.34. The maximum Gasteiger partial charge on any atom is 0.233 e. The van der Waals surface area contributed by atoms with Crippen molar-refractivity contribution in [3.8, 4) is 0 Å². The van der Waals surface area contributed by atoms with E-state index in [9.17, 15) is 8.42 Å². The van der Waals surface area contributed by atoms with E-state index in [2.05, 4.69) is 10.0 Å². The lowest BCUT2D eigenvalue weighted by Gasteiger charge is -2.09. The number of rotatable bonds is 6. The van der Waals surface area contributed by atoms with Crippen LogP contribution in [0.15, 0.2) is 42.5 Å². The molecular formula is C15H18N2O2S. The third-order valence-electron chi connectivity index (χ3n) is 3.40. The van der Waals surface area contributed by atoms with Gasteiger partial charge < -0.3 is 5.32 Å². The molecule has 3 rings (SSSR count). The number of fused-ring (bicyclic) bond motifs is 1. The minimum Gasteiger partial charge on any atom is -0.313 e. The van der Waals surface area contributed by atoms with Crippen molar-refractivity contribution in [2.24, 2.45) is 0 Å². The van der Waals surface area contributed by atoms with Gasteiger partial charge >= 0.3 is 0 Å². The van der Waals surface area contributed by atoms with Gasteiger partial charge in [-0.15, -0.1) is 0 Å². The topological polar surface area (TPSA) is 58.2 Å². The van der Waals surface area contributed by atoms with Gasteiger partial charge in [-0.05, 0) is 35.7 Å². The molecule has 0 atom stereocenters. The van der Waals surface area contributed by atoms with Crippen LogP contribution in [-0.2, 0) is 10.0 Å². The summed E-state index contributed by atoms with van der Waals surface area (Å²) in [4.78, 5) is 0. The maximum atomic E-state index is 12.0. The van der Waals surface area contributed by atoms with E-state index in [0.29, 0.717) is 18.3 Å². The van der Waals surface area contributed by atoms with E-state index in [1.807, 2.05) is 36.4 Å². The van der Waals surface area contributed by atoms with Gasteiger partial charge in [0.1, 0.15) is 0 Å². The molecule has 5 heteroatoms. The van der Waals surface area contributed by atoms with Gasteiger partial charge in [-0.2, -0.15) is 0 Å². The van der Waals surface area contributed by atoms with E-state index >= 15 is 0 Å². The molecule has 0 heterocycles. The molecular weight excluding hydrogens is 272 g/mol. The van der Waals surface area contributed by atoms with Crippen LogP contribution in [0.3, 0.4) is 0 Å². The SMILES string of the molecule is O=S(=O)(CCNC1CC1)Nc1ccc2ccccc2c1. The predicted molar refractivity (Wildman–Crippen MR) is 82.4 cm³/mol. The predicted octanol–water partition coefficient (Wildman–Crippen LogP) is 2.33. The highest BCUT2D eigenvalue weighted by molar-refractivity contribution is 7.92. The normalized spacial score (nSPS) is 15.4. The molecule has 1 fully saturated rings. The van der Waals surface area contributed by atoms with Crippen LogP contribution in [0.25, 0.3) is 10.8 Å². The highest BCUT2D eigenvalue weighted by Crippen LogP contribution is 2.20. The third kappa shape index (κ3) is 3.49. The van der Waals surface area contributed by atoms with Gasteiger partial charge in [0.15, 0.2) is 0 Å². The van der Waals surface area contributed by atoms with Gasteiger partial charge in [-0.25, -0.2) is 8.42 Å². The van der Waals surface area contributed by atoms with E-state index in [1.54, 1.807) is 6.07 Å². The first-order valence-corrected chi connectivity index (χ1v) is 8.50. The molecule has 1 aliphatic rings. The Morgan fingerprint density at radius 1 is 1.05 bits per heavy atom. The summed E-state index contributed by atoms with van der Waals surface area (Å²) < 4.78 is 26.6. The molecule has 0 aromatic heterocycles. The molecule has 0 spiro atoms. The average Bonchev–Trinajstić information content (AvgIpc) is 3.22. The summed E-state index contributed by atoms with van der Waals surface area (Å²) in [6.07, 6.45) is 2.33. The van der Waals surface area contributed by atoms with Gasteiger partial charge in [0.2, 0.25) is 10.0 Å². The van der Waals surface area contributed by atoms with Crippen LogP contribution >= 0.6 is 0 Å². The fourth-order valence-corrected chi connectivity index (χ4v) is 3.14. The average molecular weight is 290 g/mol. The summed E-state index contributed by atoms with van der Waals surface area (Å²) in [5.74, 6) is 0.107. The first-order chi connectivity index (χ1) is 9.62. The third-order valence-corrected chi connectivity index (χ3v) is 4.69. The van der Waals surface area contributed by atoms with E-state index in [0.717, 1.165) is 23.6 Å².